The molecule has 27 heavy (non-hydrogen) atoms. The van der Waals surface area contributed by atoms with E-state index in [0.29, 0.717) is 11.4 Å². The fraction of sp³-hybridized carbons (Fsp3) is 0.0952. The predicted octanol–water partition coefficient (Wildman–Crippen LogP) is 4.34. The van der Waals surface area contributed by atoms with E-state index in [1.54, 1.807) is 24.3 Å². The molecule has 0 radical (unpaired) electrons. The number of anilines is 4. The van der Waals surface area contributed by atoms with Crippen LogP contribution < -0.4 is 16.0 Å². The molecule has 6 heteroatoms. The summed E-state index contributed by atoms with van der Waals surface area (Å²) in [5.41, 5.74) is 3.90. The SMILES string of the molecule is CC(=O)Nc1ccc(Nc2ccc(C(=O)Nc3ccc(C)cc3)cn2)cc1. The Kier molecular flexibility index (Phi) is 5.47. The Morgan fingerprint density at radius 1 is 0.778 bits per heavy atom. The van der Waals surface area contributed by atoms with E-state index in [9.17, 15) is 9.59 Å². The van der Waals surface area contributed by atoms with Crippen molar-refractivity contribution < 1.29 is 9.59 Å². The van der Waals surface area contributed by atoms with Gasteiger partial charge >= 0.3 is 0 Å². The molecule has 3 aromatic rings. The Morgan fingerprint density at radius 3 is 1.96 bits per heavy atom. The van der Waals surface area contributed by atoms with Crippen LogP contribution in [0.1, 0.15) is 22.8 Å². The van der Waals surface area contributed by atoms with Gasteiger partial charge in [-0.3, -0.25) is 9.59 Å². The van der Waals surface area contributed by atoms with Gasteiger partial charge in [0.15, 0.2) is 0 Å². The van der Waals surface area contributed by atoms with Crippen molar-refractivity contribution in [1.82, 2.24) is 4.98 Å². The van der Waals surface area contributed by atoms with Gasteiger partial charge in [-0.2, -0.15) is 0 Å². The summed E-state index contributed by atoms with van der Waals surface area (Å²) in [5.74, 6) is 0.295. The van der Waals surface area contributed by atoms with Crippen LogP contribution in [0.25, 0.3) is 0 Å². The lowest BCUT2D eigenvalue weighted by molar-refractivity contribution is -0.114. The number of hydrogen-bond acceptors (Lipinski definition) is 4. The first-order valence-electron chi connectivity index (χ1n) is 8.48. The summed E-state index contributed by atoms with van der Waals surface area (Å²) in [6.45, 7) is 3.46. The zero-order chi connectivity index (χ0) is 19.2. The van der Waals surface area contributed by atoms with Gasteiger partial charge in [0.2, 0.25) is 5.91 Å². The minimum atomic E-state index is -0.211. The van der Waals surface area contributed by atoms with Crippen molar-refractivity contribution >= 4 is 34.7 Å². The second-order valence-corrected chi connectivity index (χ2v) is 6.14. The largest absolute Gasteiger partial charge is 0.340 e. The van der Waals surface area contributed by atoms with Crippen molar-refractivity contribution in [3.8, 4) is 0 Å². The number of aryl methyl sites for hydroxylation is 1. The Hall–Kier alpha value is -3.67. The molecule has 3 rings (SSSR count). The molecule has 0 bridgehead atoms. The number of pyridine rings is 1. The fourth-order valence-corrected chi connectivity index (χ4v) is 2.43. The highest BCUT2D eigenvalue weighted by Gasteiger charge is 2.07. The van der Waals surface area contributed by atoms with Gasteiger partial charge in [0.25, 0.3) is 5.91 Å². The second-order valence-electron chi connectivity index (χ2n) is 6.14. The van der Waals surface area contributed by atoms with Crippen LogP contribution in [0, 0.1) is 6.92 Å². The average molecular weight is 360 g/mol. The third-order valence-electron chi connectivity index (χ3n) is 3.81. The van der Waals surface area contributed by atoms with E-state index in [1.807, 2.05) is 43.3 Å². The summed E-state index contributed by atoms with van der Waals surface area (Å²) in [7, 11) is 0. The third-order valence-corrected chi connectivity index (χ3v) is 3.81. The molecule has 1 heterocycles. The molecule has 0 aliphatic heterocycles. The predicted molar refractivity (Wildman–Crippen MR) is 107 cm³/mol. The molecule has 2 aromatic carbocycles. The van der Waals surface area contributed by atoms with E-state index in [0.717, 1.165) is 22.6 Å². The van der Waals surface area contributed by atoms with E-state index in [-0.39, 0.29) is 11.8 Å². The van der Waals surface area contributed by atoms with Crippen molar-refractivity contribution in [1.29, 1.82) is 0 Å². The quantitative estimate of drug-likeness (QED) is 0.632. The zero-order valence-electron chi connectivity index (χ0n) is 15.1. The molecule has 2 amide bonds. The van der Waals surface area contributed by atoms with E-state index >= 15 is 0 Å². The lowest BCUT2D eigenvalue weighted by Gasteiger charge is -2.09. The van der Waals surface area contributed by atoms with Crippen LogP contribution in [-0.2, 0) is 4.79 Å². The monoisotopic (exact) mass is 360 g/mol. The first kappa shape index (κ1) is 18.1. The van der Waals surface area contributed by atoms with Crippen LogP contribution >= 0.6 is 0 Å². The summed E-state index contributed by atoms with van der Waals surface area (Å²) in [5, 5.41) is 8.71. The fourth-order valence-electron chi connectivity index (χ4n) is 2.43. The standard InChI is InChI=1S/C21H20N4O2/c1-14-3-6-19(7-4-14)25-21(27)16-5-12-20(22-13-16)24-18-10-8-17(9-11-18)23-15(2)26/h3-13H,1-2H3,(H,22,24)(H,23,26)(H,25,27). The highest BCUT2D eigenvalue weighted by atomic mass is 16.2. The molecular weight excluding hydrogens is 340 g/mol. The number of nitrogens with one attached hydrogen (secondary N) is 3. The van der Waals surface area contributed by atoms with Gasteiger partial charge in [0.1, 0.15) is 5.82 Å². The molecule has 0 fully saturated rings. The van der Waals surface area contributed by atoms with Gasteiger partial charge < -0.3 is 16.0 Å². The number of rotatable bonds is 5. The van der Waals surface area contributed by atoms with Gasteiger partial charge in [0, 0.05) is 30.2 Å². The van der Waals surface area contributed by atoms with E-state index in [4.69, 9.17) is 0 Å². The molecule has 0 aliphatic rings. The number of aromatic nitrogens is 1. The molecule has 136 valence electrons. The molecule has 0 unspecified atom stereocenters. The Bertz CT molecular complexity index is 933. The lowest BCUT2D eigenvalue weighted by Crippen LogP contribution is -2.12. The van der Waals surface area contributed by atoms with Crippen molar-refractivity contribution in [3.63, 3.8) is 0 Å². The maximum absolute atomic E-state index is 12.3. The summed E-state index contributed by atoms with van der Waals surface area (Å²) in [6, 6.07) is 18.3. The maximum Gasteiger partial charge on any atom is 0.257 e. The van der Waals surface area contributed by atoms with Gasteiger partial charge in [-0.25, -0.2) is 4.98 Å². The summed E-state index contributed by atoms with van der Waals surface area (Å²) in [6.07, 6.45) is 1.53. The molecule has 0 saturated carbocycles. The van der Waals surface area contributed by atoms with Crippen molar-refractivity contribution in [3.05, 3.63) is 78.0 Å². The van der Waals surface area contributed by atoms with Crippen LogP contribution in [-0.4, -0.2) is 16.8 Å². The van der Waals surface area contributed by atoms with E-state index in [2.05, 4.69) is 20.9 Å². The average Bonchev–Trinajstić information content (AvgIpc) is 2.65. The number of carbonyl (C=O) groups excluding carboxylic acids is 2. The minimum absolute atomic E-state index is 0.114. The van der Waals surface area contributed by atoms with Crippen LogP contribution in [0.2, 0.25) is 0 Å². The van der Waals surface area contributed by atoms with E-state index in [1.165, 1.54) is 13.1 Å². The zero-order valence-corrected chi connectivity index (χ0v) is 15.1. The number of carbonyl (C=O) groups is 2. The molecule has 0 spiro atoms. The molecule has 0 atom stereocenters. The first-order chi connectivity index (χ1) is 13.0. The molecular formula is C21H20N4O2. The topological polar surface area (TPSA) is 83.1 Å². The smallest absolute Gasteiger partial charge is 0.257 e. The van der Waals surface area contributed by atoms with Gasteiger partial charge in [0.05, 0.1) is 5.56 Å². The van der Waals surface area contributed by atoms with Crippen molar-refractivity contribution in [2.24, 2.45) is 0 Å². The summed E-state index contributed by atoms with van der Waals surface area (Å²) in [4.78, 5) is 27.6. The Morgan fingerprint density at radius 2 is 1.37 bits per heavy atom. The molecule has 0 saturated heterocycles. The van der Waals surface area contributed by atoms with Crippen molar-refractivity contribution in [2.75, 3.05) is 16.0 Å². The highest BCUT2D eigenvalue weighted by molar-refractivity contribution is 6.04. The molecule has 0 aliphatic carbocycles. The molecule has 6 nitrogen and oxygen atoms in total. The number of benzene rings is 2. The second kappa shape index (κ2) is 8.14. The lowest BCUT2D eigenvalue weighted by atomic mass is 10.2. The first-order valence-corrected chi connectivity index (χ1v) is 8.48. The van der Waals surface area contributed by atoms with Gasteiger partial charge in [-0.15, -0.1) is 0 Å². The Labute approximate surface area is 157 Å². The third kappa shape index (κ3) is 5.15. The van der Waals surface area contributed by atoms with Gasteiger partial charge in [-0.1, -0.05) is 17.7 Å². The van der Waals surface area contributed by atoms with Crippen LogP contribution in [0.3, 0.4) is 0 Å². The normalized spacial score (nSPS) is 10.1. The number of hydrogen-bond donors (Lipinski definition) is 3. The summed E-state index contributed by atoms with van der Waals surface area (Å²) < 4.78 is 0. The van der Waals surface area contributed by atoms with Crippen molar-refractivity contribution in [2.45, 2.75) is 13.8 Å². The maximum atomic E-state index is 12.3. The highest BCUT2D eigenvalue weighted by Crippen LogP contribution is 2.18. The molecule has 3 N–H and O–H groups in total. The van der Waals surface area contributed by atoms with Crippen LogP contribution in [0.15, 0.2) is 66.9 Å². The van der Waals surface area contributed by atoms with Crippen LogP contribution in [0.5, 0.6) is 0 Å². The number of amides is 2. The molecule has 1 aromatic heterocycles. The number of nitrogens with zero attached hydrogens (tertiary/aromatic N) is 1. The Balaban J connectivity index is 1.61. The minimum Gasteiger partial charge on any atom is -0.340 e. The van der Waals surface area contributed by atoms with E-state index < -0.39 is 0 Å². The van der Waals surface area contributed by atoms with Gasteiger partial charge in [-0.05, 0) is 55.5 Å². The summed E-state index contributed by atoms with van der Waals surface area (Å²) >= 11 is 0. The van der Waals surface area contributed by atoms with Crippen LogP contribution in [0.4, 0.5) is 22.9 Å².